The van der Waals surface area contributed by atoms with Crippen molar-refractivity contribution in [3.05, 3.63) is 78.3 Å². The smallest absolute Gasteiger partial charge is 0.134 e. The monoisotopic (exact) mass is 336 g/mol. The second-order valence-corrected chi connectivity index (χ2v) is 4.60. The Labute approximate surface area is 142 Å². The summed E-state index contributed by atoms with van der Waals surface area (Å²) in [6, 6.07) is 18.1. The summed E-state index contributed by atoms with van der Waals surface area (Å²) < 4.78 is 5.83. The number of pyridine rings is 1. The van der Waals surface area contributed by atoms with Crippen LogP contribution in [0.25, 0.3) is 11.3 Å². The zero-order valence-electron chi connectivity index (χ0n) is 11.9. The van der Waals surface area contributed by atoms with E-state index < -0.39 is 0 Å². The van der Waals surface area contributed by atoms with Crippen LogP contribution in [-0.2, 0) is 13.1 Å². The topological polar surface area (TPSA) is 38.1 Å². The van der Waals surface area contributed by atoms with E-state index in [4.69, 9.17) is 4.42 Å². The van der Waals surface area contributed by atoms with Crippen molar-refractivity contribution in [2.45, 2.75) is 13.1 Å². The van der Waals surface area contributed by atoms with Gasteiger partial charge >= 0.3 is 0 Å². The van der Waals surface area contributed by atoms with Crippen molar-refractivity contribution in [1.82, 2.24) is 10.3 Å². The molecular formula is C17H18Cl2N2O. The van der Waals surface area contributed by atoms with E-state index >= 15 is 0 Å². The maximum atomic E-state index is 5.83. The SMILES string of the molecule is Cl.Cl.c1ccc(-c2ccc(CNCc3cccnc3)o2)cc1. The first-order valence-electron chi connectivity index (χ1n) is 6.65. The van der Waals surface area contributed by atoms with Gasteiger partial charge in [-0.25, -0.2) is 0 Å². The molecule has 0 bridgehead atoms. The molecule has 0 aliphatic carbocycles. The van der Waals surface area contributed by atoms with Crippen LogP contribution in [0.4, 0.5) is 0 Å². The van der Waals surface area contributed by atoms with Crippen LogP contribution in [0.3, 0.4) is 0 Å². The Kier molecular flexibility index (Phi) is 7.67. The molecule has 3 rings (SSSR count). The zero-order chi connectivity index (χ0) is 13.6. The highest BCUT2D eigenvalue weighted by atomic mass is 35.5. The van der Waals surface area contributed by atoms with Crippen molar-refractivity contribution >= 4 is 24.8 Å². The van der Waals surface area contributed by atoms with Crippen molar-refractivity contribution in [2.24, 2.45) is 0 Å². The third kappa shape index (κ3) is 4.88. The summed E-state index contributed by atoms with van der Waals surface area (Å²) in [5.41, 5.74) is 2.27. The minimum atomic E-state index is 0. The quantitative estimate of drug-likeness (QED) is 0.746. The molecule has 22 heavy (non-hydrogen) atoms. The lowest BCUT2D eigenvalue weighted by Crippen LogP contribution is -2.12. The van der Waals surface area contributed by atoms with Crippen LogP contribution >= 0.6 is 24.8 Å². The van der Waals surface area contributed by atoms with Crippen LogP contribution in [0, 0.1) is 0 Å². The van der Waals surface area contributed by atoms with Crippen LogP contribution < -0.4 is 5.32 Å². The number of furan rings is 1. The van der Waals surface area contributed by atoms with Crippen LogP contribution in [-0.4, -0.2) is 4.98 Å². The highest BCUT2D eigenvalue weighted by Crippen LogP contribution is 2.21. The molecule has 0 aliphatic heterocycles. The van der Waals surface area contributed by atoms with E-state index in [0.29, 0.717) is 6.54 Å². The van der Waals surface area contributed by atoms with Gasteiger partial charge in [0.1, 0.15) is 11.5 Å². The average Bonchev–Trinajstić information content (AvgIpc) is 2.98. The summed E-state index contributed by atoms with van der Waals surface area (Å²) in [6.45, 7) is 1.50. The Bertz CT molecular complexity index is 657. The van der Waals surface area contributed by atoms with Crippen molar-refractivity contribution in [3.8, 4) is 11.3 Å². The second kappa shape index (κ2) is 9.26. The molecule has 2 aromatic heterocycles. The number of halogens is 2. The minimum absolute atomic E-state index is 0. The number of aromatic nitrogens is 1. The molecule has 0 spiro atoms. The zero-order valence-corrected chi connectivity index (χ0v) is 13.6. The molecule has 0 unspecified atom stereocenters. The van der Waals surface area contributed by atoms with E-state index in [1.807, 2.05) is 54.7 Å². The standard InChI is InChI=1S/C17H16N2O.2ClH/c1-2-6-15(7-3-1)17-9-8-16(20-17)13-19-12-14-5-4-10-18-11-14;;/h1-11,19H,12-13H2;2*1H. The van der Waals surface area contributed by atoms with Gasteiger partial charge in [-0.05, 0) is 23.8 Å². The predicted octanol–water partition coefficient (Wildman–Crippen LogP) is 4.48. The van der Waals surface area contributed by atoms with Crippen LogP contribution in [0.1, 0.15) is 11.3 Å². The summed E-state index contributed by atoms with van der Waals surface area (Å²) in [5, 5.41) is 3.35. The third-order valence-electron chi connectivity index (χ3n) is 3.07. The molecule has 0 radical (unpaired) electrons. The minimum Gasteiger partial charge on any atom is -0.460 e. The van der Waals surface area contributed by atoms with Crippen molar-refractivity contribution in [1.29, 1.82) is 0 Å². The highest BCUT2D eigenvalue weighted by molar-refractivity contribution is 5.85. The Hall–Kier alpha value is -1.81. The molecule has 0 saturated heterocycles. The first-order valence-corrected chi connectivity index (χ1v) is 6.65. The largest absolute Gasteiger partial charge is 0.460 e. The van der Waals surface area contributed by atoms with Gasteiger partial charge in [-0.1, -0.05) is 36.4 Å². The normalized spacial score (nSPS) is 9.64. The maximum Gasteiger partial charge on any atom is 0.134 e. The number of rotatable bonds is 5. The Morgan fingerprint density at radius 1 is 0.864 bits per heavy atom. The molecule has 0 fully saturated rings. The molecule has 0 saturated carbocycles. The number of hydrogen-bond donors (Lipinski definition) is 1. The van der Waals surface area contributed by atoms with Crippen LogP contribution in [0.5, 0.6) is 0 Å². The van der Waals surface area contributed by atoms with Crippen molar-refractivity contribution in [3.63, 3.8) is 0 Å². The molecule has 5 heteroatoms. The van der Waals surface area contributed by atoms with Gasteiger partial charge in [0, 0.05) is 24.5 Å². The first kappa shape index (κ1) is 18.2. The van der Waals surface area contributed by atoms with Crippen molar-refractivity contribution in [2.75, 3.05) is 0 Å². The predicted molar refractivity (Wildman–Crippen MR) is 93.4 cm³/mol. The van der Waals surface area contributed by atoms with Gasteiger partial charge in [0.15, 0.2) is 0 Å². The van der Waals surface area contributed by atoms with Gasteiger partial charge in [-0.3, -0.25) is 4.98 Å². The molecule has 2 heterocycles. The second-order valence-electron chi connectivity index (χ2n) is 4.60. The molecule has 0 atom stereocenters. The van der Waals surface area contributed by atoms with E-state index in [0.717, 1.165) is 23.6 Å². The van der Waals surface area contributed by atoms with Gasteiger partial charge in [0.2, 0.25) is 0 Å². The first-order chi connectivity index (χ1) is 9.92. The van der Waals surface area contributed by atoms with Gasteiger partial charge in [-0.15, -0.1) is 24.8 Å². The average molecular weight is 337 g/mol. The van der Waals surface area contributed by atoms with E-state index in [-0.39, 0.29) is 24.8 Å². The molecule has 0 aliphatic rings. The lowest BCUT2D eigenvalue weighted by Gasteiger charge is -2.02. The van der Waals surface area contributed by atoms with Gasteiger partial charge < -0.3 is 9.73 Å². The molecule has 3 aromatic rings. The Morgan fingerprint density at radius 3 is 2.41 bits per heavy atom. The van der Waals surface area contributed by atoms with Crippen molar-refractivity contribution < 1.29 is 4.42 Å². The number of nitrogens with one attached hydrogen (secondary N) is 1. The molecule has 116 valence electrons. The Balaban J connectivity index is 0.00000121. The van der Waals surface area contributed by atoms with E-state index in [9.17, 15) is 0 Å². The fraction of sp³-hybridized carbons (Fsp3) is 0.118. The Morgan fingerprint density at radius 2 is 1.68 bits per heavy atom. The molecule has 3 nitrogen and oxygen atoms in total. The lowest BCUT2D eigenvalue weighted by atomic mass is 10.2. The number of nitrogens with zero attached hydrogens (tertiary/aromatic N) is 1. The molecule has 0 amide bonds. The fourth-order valence-electron chi connectivity index (χ4n) is 2.06. The van der Waals surface area contributed by atoms with Gasteiger partial charge in [0.25, 0.3) is 0 Å². The summed E-state index contributed by atoms with van der Waals surface area (Å²) in [5.74, 6) is 1.84. The molecule has 1 aromatic carbocycles. The number of benzene rings is 1. The van der Waals surface area contributed by atoms with Gasteiger partial charge in [0.05, 0.1) is 6.54 Å². The fourth-order valence-corrected chi connectivity index (χ4v) is 2.06. The maximum absolute atomic E-state index is 5.83. The summed E-state index contributed by atoms with van der Waals surface area (Å²) in [6.07, 6.45) is 3.65. The van der Waals surface area contributed by atoms with E-state index in [1.165, 1.54) is 5.56 Å². The third-order valence-corrected chi connectivity index (χ3v) is 3.07. The lowest BCUT2D eigenvalue weighted by molar-refractivity contribution is 0.493. The van der Waals surface area contributed by atoms with Crippen LogP contribution in [0.2, 0.25) is 0 Å². The van der Waals surface area contributed by atoms with Gasteiger partial charge in [-0.2, -0.15) is 0 Å². The summed E-state index contributed by atoms with van der Waals surface area (Å²) >= 11 is 0. The van der Waals surface area contributed by atoms with E-state index in [2.05, 4.69) is 16.4 Å². The van der Waals surface area contributed by atoms with E-state index in [1.54, 1.807) is 6.20 Å². The van der Waals surface area contributed by atoms with Crippen LogP contribution in [0.15, 0.2) is 71.4 Å². The summed E-state index contributed by atoms with van der Waals surface area (Å²) in [4.78, 5) is 4.09. The highest BCUT2D eigenvalue weighted by Gasteiger charge is 2.03. The molecular weight excluding hydrogens is 319 g/mol. The molecule has 1 N–H and O–H groups in total. The number of hydrogen-bond acceptors (Lipinski definition) is 3. The summed E-state index contributed by atoms with van der Waals surface area (Å²) in [7, 11) is 0.